The lowest BCUT2D eigenvalue weighted by Crippen LogP contribution is -2.41. The van der Waals surface area contributed by atoms with Gasteiger partial charge in [-0.15, -0.1) is 0 Å². The number of ether oxygens (including phenoxy) is 1. The van der Waals surface area contributed by atoms with Crippen molar-refractivity contribution in [3.05, 3.63) is 28.2 Å². The minimum atomic E-state index is -0.581. The Morgan fingerprint density at radius 3 is 2.25 bits per heavy atom. The minimum Gasteiger partial charge on any atom is -0.465 e. The number of carbonyl (C=O) groups excluding carboxylic acids is 1. The van der Waals surface area contributed by atoms with Crippen LogP contribution in [0, 0.1) is 0 Å². The Morgan fingerprint density at radius 2 is 1.75 bits per heavy atom. The molecule has 0 atom stereocenters. The maximum Gasteiger partial charge on any atom is 0.495 e. The molecule has 1 aromatic rings. The fraction of sp³-hybridized carbons (Fsp3) is 0.500. The Kier molecular flexibility index (Phi) is 4.02. The summed E-state index contributed by atoms with van der Waals surface area (Å²) in [6.45, 7) is 7.90. The van der Waals surface area contributed by atoms with Crippen LogP contribution in [-0.2, 0) is 14.0 Å². The largest absolute Gasteiger partial charge is 0.495 e. The molecule has 0 radical (unpaired) electrons. The van der Waals surface area contributed by atoms with Crippen molar-refractivity contribution in [3.8, 4) is 0 Å². The summed E-state index contributed by atoms with van der Waals surface area (Å²) in [6.07, 6.45) is 0. The normalized spacial score (nSPS) is 20.0. The first-order valence-corrected chi connectivity index (χ1v) is 7.20. The number of carbonyl (C=O) groups is 1. The number of esters is 1. The number of rotatable bonds is 2. The molecule has 20 heavy (non-hydrogen) atoms. The van der Waals surface area contributed by atoms with E-state index in [-0.39, 0.29) is 0 Å². The molecular weight excluding hydrogens is 323 g/mol. The van der Waals surface area contributed by atoms with E-state index in [0.717, 1.165) is 4.47 Å². The zero-order valence-electron chi connectivity index (χ0n) is 12.3. The Balaban J connectivity index is 2.42. The fourth-order valence-corrected chi connectivity index (χ4v) is 2.35. The monoisotopic (exact) mass is 340 g/mol. The number of methoxy groups -OCH3 is 1. The van der Waals surface area contributed by atoms with Crippen LogP contribution in [0.4, 0.5) is 0 Å². The van der Waals surface area contributed by atoms with Gasteiger partial charge < -0.3 is 14.0 Å². The molecule has 0 aliphatic carbocycles. The molecule has 4 nitrogen and oxygen atoms in total. The van der Waals surface area contributed by atoms with Crippen molar-refractivity contribution < 1.29 is 18.8 Å². The molecule has 0 unspecified atom stereocenters. The highest BCUT2D eigenvalue weighted by Crippen LogP contribution is 2.36. The molecule has 1 fully saturated rings. The van der Waals surface area contributed by atoms with Crippen molar-refractivity contribution in [1.29, 1.82) is 0 Å². The lowest BCUT2D eigenvalue weighted by Gasteiger charge is -2.32. The Morgan fingerprint density at radius 1 is 1.20 bits per heavy atom. The zero-order chi connectivity index (χ0) is 15.1. The van der Waals surface area contributed by atoms with Gasteiger partial charge in [-0.3, -0.25) is 0 Å². The lowest BCUT2D eigenvalue weighted by molar-refractivity contribution is 0.00578. The van der Waals surface area contributed by atoms with Crippen LogP contribution in [0.5, 0.6) is 0 Å². The van der Waals surface area contributed by atoms with Crippen LogP contribution < -0.4 is 5.46 Å². The summed E-state index contributed by atoms with van der Waals surface area (Å²) in [4.78, 5) is 11.9. The summed E-state index contributed by atoms with van der Waals surface area (Å²) in [5, 5.41) is 0. The summed E-state index contributed by atoms with van der Waals surface area (Å²) < 4.78 is 17.6. The Bertz CT molecular complexity index is 526. The summed E-state index contributed by atoms with van der Waals surface area (Å²) in [5.41, 5.74) is 0.232. The van der Waals surface area contributed by atoms with Crippen molar-refractivity contribution in [1.82, 2.24) is 0 Å². The molecule has 0 aromatic heterocycles. The van der Waals surface area contributed by atoms with Crippen LogP contribution in [0.3, 0.4) is 0 Å². The fourth-order valence-electron chi connectivity index (χ4n) is 1.99. The number of hydrogen-bond donors (Lipinski definition) is 0. The van der Waals surface area contributed by atoms with E-state index in [2.05, 4.69) is 15.9 Å². The van der Waals surface area contributed by atoms with E-state index in [1.807, 2.05) is 39.8 Å². The smallest absolute Gasteiger partial charge is 0.465 e. The third-order valence-corrected chi connectivity index (χ3v) is 4.42. The second-order valence-corrected chi connectivity index (χ2v) is 6.73. The van der Waals surface area contributed by atoms with Crippen molar-refractivity contribution in [2.75, 3.05) is 7.11 Å². The van der Waals surface area contributed by atoms with E-state index in [1.165, 1.54) is 7.11 Å². The highest BCUT2D eigenvalue weighted by Gasteiger charge is 2.52. The van der Waals surface area contributed by atoms with Gasteiger partial charge in [0.05, 0.1) is 23.9 Å². The molecule has 0 amide bonds. The summed E-state index contributed by atoms with van der Waals surface area (Å²) in [5.74, 6) is -0.406. The first-order chi connectivity index (χ1) is 9.18. The summed E-state index contributed by atoms with van der Waals surface area (Å²) in [6, 6.07) is 5.39. The lowest BCUT2D eigenvalue weighted by atomic mass is 9.76. The van der Waals surface area contributed by atoms with Gasteiger partial charge in [-0.05, 0) is 45.3 Å². The van der Waals surface area contributed by atoms with E-state index in [4.69, 9.17) is 14.0 Å². The first kappa shape index (κ1) is 15.5. The highest BCUT2D eigenvalue weighted by atomic mass is 79.9. The van der Waals surface area contributed by atoms with Crippen molar-refractivity contribution in [2.45, 2.75) is 38.9 Å². The SMILES string of the molecule is COC(=O)c1cc(Br)ccc1B1OC(C)(C)C(C)(C)O1. The van der Waals surface area contributed by atoms with Gasteiger partial charge in [0.1, 0.15) is 0 Å². The van der Waals surface area contributed by atoms with Crippen molar-refractivity contribution in [2.24, 2.45) is 0 Å². The highest BCUT2D eigenvalue weighted by molar-refractivity contribution is 9.10. The molecule has 1 saturated heterocycles. The maximum atomic E-state index is 11.9. The van der Waals surface area contributed by atoms with Gasteiger partial charge in [-0.2, -0.15) is 0 Å². The van der Waals surface area contributed by atoms with E-state index in [1.54, 1.807) is 6.07 Å². The molecule has 0 saturated carbocycles. The summed E-state index contributed by atoms with van der Waals surface area (Å²) >= 11 is 3.36. The molecule has 0 N–H and O–H groups in total. The van der Waals surface area contributed by atoms with Gasteiger partial charge in [-0.25, -0.2) is 4.79 Å². The van der Waals surface area contributed by atoms with Gasteiger partial charge in [0.25, 0.3) is 0 Å². The number of halogens is 1. The second-order valence-electron chi connectivity index (χ2n) is 5.81. The molecule has 1 aromatic carbocycles. The topological polar surface area (TPSA) is 44.8 Å². The Labute approximate surface area is 128 Å². The zero-order valence-corrected chi connectivity index (χ0v) is 13.9. The molecule has 1 aliphatic heterocycles. The van der Waals surface area contributed by atoms with Gasteiger partial charge in [0, 0.05) is 4.47 Å². The molecule has 1 aliphatic rings. The van der Waals surface area contributed by atoms with Gasteiger partial charge in [-0.1, -0.05) is 22.0 Å². The molecule has 0 bridgehead atoms. The third kappa shape index (κ3) is 2.64. The molecule has 108 valence electrons. The van der Waals surface area contributed by atoms with Crippen molar-refractivity contribution >= 4 is 34.5 Å². The quantitative estimate of drug-likeness (QED) is 0.613. The van der Waals surface area contributed by atoms with E-state index in [9.17, 15) is 4.79 Å². The average molecular weight is 341 g/mol. The average Bonchev–Trinajstić information content (AvgIpc) is 2.57. The number of benzene rings is 1. The van der Waals surface area contributed by atoms with E-state index >= 15 is 0 Å². The first-order valence-electron chi connectivity index (χ1n) is 6.41. The van der Waals surface area contributed by atoms with E-state index in [0.29, 0.717) is 11.0 Å². The van der Waals surface area contributed by atoms with Crippen LogP contribution >= 0.6 is 15.9 Å². The predicted molar refractivity (Wildman–Crippen MR) is 81.2 cm³/mol. The van der Waals surface area contributed by atoms with Gasteiger partial charge in [0.2, 0.25) is 0 Å². The van der Waals surface area contributed by atoms with E-state index < -0.39 is 24.3 Å². The van der Waals surface area contributed by atoms with Gasteiger partial charge in [0.15, 0.2) is 0 Å². The van der Waals surface area contributed by atoms with Crippen molar-refractivity contribution in [3.63, 3.8) is 0 Å². The molecule has 2 rings (SSSR count). The second kappa shape index (κ2) is 5.17. The maximum absolute atomic E-state index is 11.9. The molecule has 6 heteroatoms. The van der Waals surface area contributed by atoms with Crippen LogP contribution in [0.15, 0.2) is 22.7 Å². The third-order valence-electron chi connectivity index (χ3n) is 3.93. The predicted octanol–water partition coefficient (Wildman–Crippen LogP) is 2.53. The summed E-state index contributed by atoms with van der Waals surface area (Å²) in [7, 11) is 0.777. The molecule has 0 spiro atoms. The number of hydrogen-bond acceptors (Lipinski definition) is 4. The van der Waals surface area contributed by atoms with Crippen LogP contribution in [-0.4, -0.2) is 31.4 Å². The molecule has 1 heterocycles. The Hall–Kier alpha value is -0.845. The molecular formula is C14H18BBrO4. The van der Waals surface area contributed by atoms with Crippen LogP contribution in [0.1, 0.15) is 38.1 Å². The standard InChI is InChI=1S/C14H18BBrO4/c1-13(2)14(3,4)20-15(19-13)11-7-6-9(16)8-10(11)12(17)18-5/h6-8H,1-5H3. The minimum absolute atomic E-state index is 0.406. The van der Waals surface area contributed by atoms with Gasteiger partial charge >= 0.3 is 13.1 Å². The van der Waals surface area contributed by atoms with Crippen LogP contribution in [0.2, 0.25) is 0 Å². The van der Waals surface area contributed by atoms with Crippen LogP contribution in [0.25, 0.3) is 0 Å².